The van der Waals surface area contributed by atoms with Crippen LogP contribution in [0, 0.1) is 19.8 Å². The van der Waals surface area contributed by atoms with Crippen LogP contribution in [0.25, 0.3) is 11.1 Å². The molecule has 0 spiro atoms. The van der Waals surface area contributed by atoms with Crippen LogP contribution in [0.15, 0.2) is 67.0 Å². The number of alkyl halides is 6. The van der Waals surface area contributed by atoms with Gasteiger partial charge in [0.05, 0.1) is 35.1 Å². The summed E-state index contributed by atoms with van der Waals surface area (Å²) in [6.45, 7) is 8.78. The van der Waals surface area contributed by atoms with Gasteiger partial charge in [-0.2, -0.15) is 26.3 Å². The van der Waals surface area contributed by atoms with E-state index in [0.29, 0.717) is 31.6 Å². The monoisotopic (exact) mass is 684 g/mol. The van der Waals surface area contributed by atoms with Crippen LogP contribution in [0.3, 0.4) is 0 Å². The van der Waals surface area contributed by atoms with Crippen molar-refractivity contribution in [2.75, 3.05) is 22.9 Å². The van der Waals surface area contributed by atoms with E-state index >= 15 is 0 Å². The third-order valence-electron chi connectivity index (χ3n) is 8.90. The molecule has 0 atom stereocenters. The number of anilines is 2. The first-order valence-electron chi connectivity index (χ1n) is 16.0. The molecule has 49 heavy (non-hydrogen) atoms. The highest BCUT2D eigenvalue weighted by molar-refractivity contribution is 5.73. The minimum Gasteiger partial charge on any atom is -0.481 e. The third kappa shape index (κ3) is 8.52. The molecule has 0 aliphatic carbocycles. The summed E-state index contributed by atoms with van der Waals surface area (Å²) in [5.41, 5.74) is 3.36. The van der Waals surface area contributed by atoms with E-state index < -0.39 is 35.4 Å². The number of carboxylic acids is 1. The van der Waals surface area contributed by atoms with Crippen LogP contribution < -0.4 is 9.80 Å². The quantitative estimate of drug-likeness (QED) is 0.177. The van der Waals surface area contributed by atoms with Crippen molar-refractivity contribution >= 4 is 17.6 Å². The molecule has 12 heteroatoms. The number of carboxylic acid groups (broad SMARTS) is 1. The van der Waals surface area contributed by atoms with Crippen molar-refractivity contribution in [3.05, 3.63) is 106 Å². The van der Waals surface area contributed by atoms with Gasteiger partial charge in [-0.25, -0.2) is 9.97 Å². The average Bonchev–Trinajstić information content (AvgIpc) is 3.03. The zero-order valence-electron chi connectivity index (χ0n) is 27.7. The van der Waals surface area contributed by atoms with E-state index in [-0.39, 0.29) is 36.6 Å². The van der Waals surface area contributed by atoms with Gasteiger partial charge >= 0.3 is 18.3 Å². The van der Waals surface area contributed by atoms with Gasteiger partial charge in [-0.05, 0) is 84.2 Å². The molecular weight excluding hydrogens is 646 g/mol. The molecule has 0 bridgehead atoms. The summed E-state index contributed by atoms with van der Waals surface area (Å²) >= 11 is 0. The van der Waals surface area contributed by atoms with E-state index in [1.807, 2.05) is 49.1 Å². The smallest absolute Gasteiger partial charge is 0.416 e. The Kier molecular flexibility index (Phi) is 10.3. The first kappa shape index (κ1) is 35.7. The molecule has 1 saturated heterocycles. The number of benzene rings is 3. The largest absolute Gasteiger partial charge is 0.481 e. The highest BCUT2D eigenvalue weighted by atomic mass is 19.4. The van der Waals surface area contributed by atoms with E-state index in [4.69, 9.17) is 0 Å². The van der Waals surface area contributed by atoms with E-state index in [2.05, 4.69) is 29.9 Å². The van der Waals surface area contributed by atoms with E-state index in [1.54, 1.807) is 17.3 Å². The van der Waals surface area contributed by atoms with Crippen LogP contribution in [0.1, 0.15) is 71.6 Å². The summed E-state index contributed by atoms with van der Waals surface area (Å²) in [5.74, 6) is -0.895. The molecule has 260 valence electrons. The predicted molar refractivity (Wildman–Crippen MR) is 176 cm³/mol. The first-order chi connectivity index (χ1) is 23.0. The Balaban J connectivity index is 1.58. The lowest BCUT2D eigenvalue weighted by Crippen LogP contribution is -2.36. The number of halogens is 6. The molecule has 3 aromatic carbocycles. The van der Waals surface area contributed by atoms with Crippen LogP contribution in [-0.4, -0.2) is 34.1 Å². The number of aromatic nitrogens is 2. The van der Waals surface area contributed by atoms with Crippen molar-refractivity contribution in [1.29, 1.82) is 0 Å². The van der Waals surface area contributed by atoms with Gasteiger partial charge in [0.15, 0.2) is 0 Å². The molecule has 4 aromatic rings. The normalized spacial score (nSPS) is 14.4. The Hall–Kier alpha value is -4.61. The zero-order chi connectivity index (χ0) is 35.7. The van der Waals surface area contributed by atoms with Gasteiger partial charge < -0.3 is 14.9 Å². The van der Waals surface area contributed by atoms with Crippen LogP contribution in [0.5, 0.6) is 0 Å². The lowest BCUT2D eigenvalue weighted by atomic mass is 9.90. The Morgan fingerprint density at radius 3 is 2.06 bits per heavy atom. The average molecular weight is 685 g/mol. The van der Waals surface area contributed by atoms with Gasteiger partial charge in [0, 0.05) is 26.2 Å². The second-order valence-electron chi connectivity index (χ2n) is 13.0. The fourth-order valence-electron chi connectivity index (χ4n) is 6.41. The van der Waals surface area contributed by atoms with Gasteiger partial charge in [-0.15, -0.1) is 0 Å². The van der Waals surface area contributed by atoms with Crippen LogP contribution in [0.4, 0.5) is 38.0 Å². The van der Waals surface area contributed by atoms with E-state index in [1.165, 1.54) is 0 Å². The van der Waals surface area contributed by atoms with E-state index in [0.717, 1.165) is 45.5 Å². The number of hydrogen-bond donors (Lipinski definition) is 1. The first-order valence-corrected chi connectivity index (χ1v) is 16.0. The minimum absolute atomic E-state index is 0.0880. The van der Waals surface area contributed by atoms with Crippen molar-refractivity contribution in [3.8, 4) is 11.1 Å². The van der Waals surface area contributed by atoms with Gasteiger partial charge in [0.25, 0.3) is 0 Å². The molecule has 0 unspecified atom stereocenters. The molecule has 1 aromatic heterocycles. The summed E-state index contributed by atoms with van der Waals surface area (Å²) < 4.78 is 82.9. The molecule has 0 saturated carbocycles. The lowest BCUT2D eigenvalue weighted by molar-refractivity contribution is -0.144. The standard InChI is InChI=1S/C37H38F6N4O2/c1-22(2)27-6-5-7-28(16-27)33-24(4)12-23(3)13-29(33)21-47(20-25-14-30(36(38,39)40)17-31(15-25)37(41,42)43)35-44-18-32(19-45-35)46-10-8-26(9-11-46)34(48)49/h5-7,12-19,22,26H,8-11,20-21H2,1-4H3,(H,48,49). The third-order valence-corrected chi connectivity index (χ3v) is 8.90. The molecule has 1 N–H and O–H groups in total. The molecule has 0 amide bonds. The Morgan fingerprint density at radius 2 is 1.51 bits per heavy atom. The predicted octanol–water partition coefficient (Wildman–Crippen LogP) is 9.43. The summed E-state index contributed by atoms with van der Waals surface area (Å²) in [5, 5.41) is 9.35. The van der Waals surface area contributed by atoms with Gasteiger partial charge in [0.2, 0.25) is 5.95 Å². The second-order valence-corrected chi connectivity index (χ2v) is 13.0. The molecule has 0 radical (unpaired) electrons. The molecule has 2 heterocycles. The molecule has 5 rings (SSSR count). The van der Waals surface area contributed by atoms with Crippen molar-refractivity contribution in [1.82, 2.24) is 9.97 Å². The van der Waals surface area contributed by atoms with Gasteiger partial charge in [0.1, 0.15) is 0 Å². The summed E-state index contributed by atoms with van der Waals surface area (Å²) in [4.78, 5) is 24.0. The summed E-state index contributed by atoms with van der Waals surface area (Å²) in [6, 6.07) is 13.7. The fraction of sp³-hybridized carbons (Fsp3) is 0.378. The highest BCUT2D eigenvalue weighted by Gasteiger charge is 2.37. The van der Waals surface area contributed by atoms with Crippen molar-refractivity contribution in [2.45, 2.75) is 71.9 Å². The Bertz CT molecular complexity index is 1760. The minimum atomic E-state index is -4.99. The fourth-order valence-corrected chi connectivity index (χ4v) is 6.41. The van der Waals surface area contributed by atoms with Crippen LogP contribution >= 0.6 is 0 Å². The van der Waals surface area contributed by atoms with Crippen molar-refractivity contribution < 1.29 is 36.2 Å². The SMILES string of the molecule is Cc1cc(C)c(-c2cccc(C(C)C)c2)c(CN(Cc2cc(C(F)(F)F)cc(C(F)(F)F)c2)c2ncc(N3CCC(C(=O)O)CC3)cn2)c1. The molecule has 1 aliphatic heterocycles. The van der Waals surface area contributed by atoms with Crippen LogP contribution in [-0.2, 0) is 30.2 Å². The van der Waals surface area contributed by atoms with Gasteiger partial charge in [-0.3, -0.25) is 4.79 Å². The topological polar surface area (TPSA) is 69.6 Å². The Labute approximate surface area is 281 Å². The molecule has 1 fully saturated rings. The van der Waals surface area contributed by atoms with Crippen molar-refractivity contribution in [2.24, 2.45) is 5.92 Å². The molecule has 6 nitrogen and oxygen atoms in total. The van der Waals surface area contributed by atoms with E-state index in [9.17, 15) is 36.2 Å². The maximum absolute atomic E-state index is 13.8. The number of aryl methyl sites for hydroxylation is 2. The number of rotatable bonds is 9. The van der Waals surface area contributed by atoms with Crippen LogP contribution in [0.2, 0.25) is 0 Å². The number of nitrogens with zero attached hydrogens (tertiary/aromatic N) is 4. The second kappa shape index (κ2) is 14.1. The van der Waals surface area contributed by atoms with Crippen molar-refractivity contribution in [3.63, 3.8) is 0 Å². The Morgan fingerprint density at radius 1 is 0.898 bits per heavy atom. The number of aliphatic carboxylic acids is 1. The maximum atomic E-state index is 13.8. The number of piperidine rings is 1. The zero-order valence-corrected chi connectivity index (χ0v) is 27.7. The van der Waals surface area contributed by atoms with Gasteiger partial charge in [-0.1, -0.05) is 55.8 Å². The lowest BCUT2D eigenvalue weighted by Gasteiger charge is -2.32. The molecular formula is C37H38F6N4O2. The number of hydrogen-bond acceptors (Lipinski definition) is 5. The summed E-state index contributed by atoms with van der Waals surface area (Å²) in [6.07, 6.45) is -5.97. The summed E-state index contributed by atoms with van der Waals surface area (Å²) in [7, 11) is 0. The highest BCUT2D eigenvalue weighted by Crippen LogP contribution is 2.38. The number of carbonyl (C=O) groups is 1. The molecule has 1 aliphatic rings. The maximum Gasteiger partial charge on any atom is 0.416 e.